The van der Waals surface area contributed by atoms with E-state index in [4.69, 9.17) is 5.11 Å². The first-order valence-electron chi connectivity index (χ1n) is 6.05. The van der Waals surface area contributed by atoms with Gasteiger partial charge >= 0.3 is 0 Å². The van der Waals surface area contributed by atoms with Gasteiger partial charge in [0.2, 0.25) is 10.0 Å². The second-order valence-corrected chi connectivity index (χ2v) is 7.19. The number of nitrogens with zero attached hydrogens (tertiary/aromatic N) is 1. The molecule has 0 radical (unpaired) electrons. The molecule has 0 saturated carbocycles. The predicted molar refractivity (Wildman–Crippen MR) is 78.7 cm³/mol. The zero-order valence-corrected chi connectivity index (χ0v) is 12.7. The summed E-state index contributed by atoms with van der Waals surface area (Å²) in [7, 11) is -3.41. The molecule has 0 amide bonds. The molecule has 0 fully saturated rings. The highest BCUT2D eigenvalue weighted by atomic mass is 32.2. The highest BCUT2D eigenvalue weighted by Gasteiger charge is 2.12. The minimum Gasteiger partial charge on any atom is -0.392 e. The van der Waals surface area contributed by atoms with E-state index in [1.54, 1.807) is 24.3 Å². The van der Waals surface area contributed by atoms with Gasteiger partial charge in [-0.2, -0.15) is 0 Å². The molecule has 0 saturated heterocycles. The maximum absolute atomic E-state index is 12.0. The van der Waals surface area contributed by atoms with Crippen LogP contribution in [-0.4, -0.2) is 18.5 Å². The standard InChI is InChI=1S/C13H16N2O3S2/c1-10-8-19-13(15-10)6-14-20(17,18)9-12-4-2-3-11(5-12)7-16/h2-5,8,14,16H,6-7,9H2,1H3. The van der Waals surface area contributed by atoms with E-state index >= 15 is 0 Å². The second kappa shape index (κ2) is 6.45. The van der Waals surface area contributed by atoms with E-state index in [9.17, 15) is 8.42 Å². The minimum atomic E-state index is -3.41. The molecule has 108 valence electrons. The smallest absolute Gasteiger partial charge is 0.216 e. The van der Waals surface area contributed by atoms with Crippen LogP contribution in [-0.2, 0) is 28.9 Å². The number of hydrogen-bond acceptors (Lipinski definition) is 5. The first-order chi connectivity index (χ1) is 9.48. The third-order valence-electron chi connectivity index (χ3n) is 2.64. The summed E-state index contributed by atoms with van der Waals surface area (Å²) in [6.45, 7) is 1.98. The summed E-state index contributed by atoms with van der Waals surface area (Å²) in [6.07, 6.45) is 0. The lowest BCUT2D eigenvalue weighted by atomic mass is 10.1. The molecule has 0 aliphatic carbocycles. The molecule has 2 aromatic rings. The van der Waals surface area contributed by atoms with Gasteiger partial charge in [0.15, 0.2) is 0 Å². The van der Waals surface area contributed by atoms with Crippen LogP contribution in [0.5, 0.6) is 0 Å². The Morgan fingerprint density at radius 2 is 2.10 bits per heavy atom. The maximum atomic E-state index is 12.0. The Morgan fingerprint density at radius 3 is 2.75 bits per heavy atom. The number of hydrogen-bond donors (Lipinski definition) is 2. The summed E-state index contributed by atoms with van der Waals surface area (Å²) >= 11 is 1.43. The van der Waals surface area contributed by atoms with Crippen molar-refractivity contribution in [3.8, 4) is 0 Å². The molecule has 0 bridgehead atoms. The third-order valence-corrected chi connectivity index (χ3v) is 4.90. The van der Waals surface area contributed by atoms with E-state index in [2.05, 4.69) is 9.71 Å². The van der Waals surface area contributed by atoms with Gasteiger partial charge in [-0.1, -0.05) is 24.3 Å². The topological polar surface area (TPSA) is 79.3 Å². The van der Waals surface area contributed by atoms with Gasteiger partial charge in [0.05, 0.1) is 18.9 Å². The fourth-order valence-corrected chi connectivity index (χ4v) is 3.62. The monoisotopic (exact) mass is 312 g/mol. The fourth-order valence-electron chi connectivity index (χ4n) is 1.74. The third kappa shape index (κ3) is 4.38. The van der Waals surface area contributed by atoms with Crippen molar-refractivity contribution in [1.29, 1.82) is 0 Å². The highest BCUT2D eigenvalue weighted by molar-refractivity contribution is 7.88. The molecule has 20 heavy (non-hydrogen) atoms. The van der Waals surface area contributed by atoms with Crippen LogP contribution in [0.4, 0.5) is 0 Å². The number of nitrogens with one attached hydrogen (secondary N) is 1. The number of aromatic nitrogens is 1. The molecular formula is C13H16N2O3S2. The number of rotatable bonds is 6. The van der Waals surface area contributed by atoms with Gasteiger partial charge in [-0.25, -0.2) is 18.1 Å². The minimum absolute atomic E-state index is 0.0975. The Balaban J connectivity index is 1.99. The largest absolute Gasteiger partial charge is 0.392 e. The number of aryl methyl sites for hydroxylation is 1. The quantitative estimate of drug-likeness (QED) is 0.848. The number of aliphatic hydroxyl groups is 1. The lowest BCUT2D eigenvalue weighted by molar-refractivity contribution is 0.282. The number of benzene rings is 1. The van der Waals surface area contributed by atoms with Crippen LogP contribution >= 0.6 is 11.3 Å². The number of sulfonamides is 1. The second-order valence-electron chi connectivity index (χ2n) is 4.44. The molecule has 0 atom stereocenters. The van der Waals surface area contributed by atoms with E-state index in [1.165, 1.54) is 11.3 Å². The van der Waals surface area contributed by atoms with Crippen LogP contribution in [0.2, 0.25) is 0 Å². The van der Waals surface area contributed by atoms with Crippen molar-refractivity contribution in [2.24, 2.45) is 0 Å². The van der Waals surface area contributed by atoms with Crippen LogP contribution in [0, 0.1) is 6.92 Å². The lowest BCUT2D eigenvalue weighted by Gasteiger charge is -2.06. The molecule has 1 heterocycles. The molecule has 0 aliphatic heterocycles. The van der Waals surface area contributed by atoms with E-state index in [1.807, 2.05) is 12.3 Å². The van der Waals surface area contributed by atoms with E-state index in [-0.39, 0.29) is 18.9 Å². The first-order valence-corrected chi connectivity index (χ1v) is 8.59. The SMILES string of the molecule is Cc1csc(CNS(=O)(=O)Cc2cccc(CO)c2)n1. The van der Waals surface area contributed by atoms with Crippen LogP contribution in [0.15, 0.2) is 29.6 Å². The predicted octanol–water partition coefficient (Wildman–Crippen LogP) is 1.56. The van der Waals surface area contributed by atoms with Gasteiger partial charge in [-0.15, -0.1) is 11.3 Å². The van der Waals surface area contributed by atoms with Crippen molar-refractivity contribution < 1.29 is 13.5 Å². The summed E-state index contributed by atoms with van der Waals surface area (Å²) in [5, 5.41) is 11.7. The van der Waals surface area contributed by atoms with E-state index in [0.29, 0.717) is 11.1 Å². The Morgan fingerprint density at radius 1 is 1.35 bits per heavy atom. The summed E-state index contributed by atoms with van der Waals surface area (Å²) in [5.41, 5.74) is 2.24. The Hall–Kier alpha value is -1.28. The normalized spacial score (nSPS) is 11.7. The molecule has 1 aromatic heterocycles. The van der Waals surface area contributed by atoms with Gasteiger partial charge in [0.25, 0.3) is 0 Å². The zero-order valence-electron chi connectivity index (χ0n) is 11.0. The Labute approximate surface area is 122 Å². The van der Waals surface area contributed by atoms with Crippen LogP contribution in [0.3, 0.4) is 0 Å². The molecule has 2 rings (SSSR count). The van der Waals surface area contributed by atoms with Crippen molar-refractivity contribution in [1.82, 2.24) is 9.71 Å². The Bertz CT molecular complexity index is 680. The van der Waals surface area contributed by atoms with Gasteiger partial charge in [-0.3, -0.25) is 0 Å². The fraction of sp³-hybridized carbons (Fsp3) is 0.308. The number of thiazole rings is 1. The first kappa shape index (κ1) is 15.1. The van der Waals surface area contributed by atoms with E-state index < -0.39 is 10.0 Å². The Kier molecular flexibility index (Phi) is 4.87. The summed E-state index contributed by atoms with van der Waals surface area (Å²) in [5.74, 6) is -0.106. The molecule has 7 heteroatoms. The average Bonchev–Trinajstić information content (AvgIpc) is 2.82. The van der Waals surface area contributed by atoms with Crippen molar-refractivity contribution >= 4 is 21.4 Å². The van der Waals surface area contributed by atoms with E-state index in [0.717, 1.165) is 10.7 Å². The summed E-state index contributed by atoms with van der Waals surface area (Å²) in [6, 6.07) is 6.90. The zero-order chi connectivity index (χ0) is 14.6. The molecule has 2 N–H and O–H groups in total. The van der Waals surface area contributed by atoms with Crippen molar-refractivity contribution in [2.75, 3.05) is 0 Å². The summed E-state index contributed by atoms with van der Waals surface area (Å²) in [4.78, 5) is 4.21. The van der Waals surface area contributed by atoms with Crippen LogP contribution in [0.25, 0.3) is 0 Å². The molecular weight excluding hydrogens is 296 g/mol. The van der Waals surface area contributed by atoms with Crippen molar-refractivity contribution in [3.63, 3.8) is 0 Å². The van der Waals surface area contributed by atoms with Gasteiger partial charge < -0.3 is 5.11 Å². The van der Waals surface area contributed by atoms with Crippen LogP contribution in [0.1, 0.15) is 21.8 Å². The van der Waals surface area contributed by atoms with Crippen molar-refractivity contribution in [2.45, 2.75) is 25.8 Å². The van der Waals surface area contributed by atoms with Crippen molar-refractivity contribution in [3.05, 3.63) is 51.5 Å². The van der Waals surface area contributed by atoms with Gasteiger partial charge in [0.1, 0.15) is 5.01 Å². The molecule has 5 nitrogen and oxygen atoms in total. The van der Waals surface area contributed by atoms with Gasteiger partial charge in [0, 0.05) is 11.1 Å². The average molecular weight is 312 g/mol. The highest BCUT2D eigenvalue weighted by Crippen LogP contribution is 2.11. The molecule has 0 unspecified atom stereocenters. The number of aliphatic hydroxyl groups excluding tert-OH is 1. The lowest BCUT2D eigenvalue weighted by Crippen LogP contribution is -2.24. The van der Waals surface area contributed by atoms with Gasteiger partial charge in [-0.05, 0) is 18.1 Å². The molecule has 0 spiro atoms. The maximum Gasteiger partial charge on any atom is 0.216 e. The summed E-state index contributed by atoms with van der Waals surface area (Å²) < 4.78 is 26.5. The van der Waals surface area contributed by atoms with Crippen LogP contribution < -0.4 is 4.72 Å². The molecule has 0 aliphatic rings. The molecule has 1 aromatic carbocycles.